The van der Waals surface area contributed by atoms with E-state index in [1.54, 1.807) is 12.1 Å². The number of hydrogen-bond acceptors (Lipinski definition) is 2. The molecule has 4 heteroatoms. The van der Waals surface area contributed by atoms with E-state index in [4.69, 9.17) is 10.1 Å². The molecule has 3 aromatic rings. The van der Waals surface area contributed by atoms with Gasteiger partial charge in [0.1, 0.15) is 5.82 Å². The topological polar surface area (TPSA) is 55.1 Å². The van der Waals surface area contributed by atoms with Crippen LogP contribution in [-0.2, 0) is 6.54 Å². The minimum atomic E-state index is -0.913. The largest absolute Gasteiger partial charge is 0.478 e. The molecule has 0 aliphatic heterocycles. The van der Waals surface area contributed by atoms with Crippen molar-refractivity contribution >= 4 is 17.0 Å². The zero-order valence-electron chi connectivity index (χ0n) is 11.8. The summed E-state index contributed by atoms with van der Waals surface area (Å²) in [6.07, 6.45) is 1.01. The van der Waals surface area contributed by atoms with Crippen LogP contribution in [0, 0.1) is 0 Å². The van der Waals surface area contributed by atoms with E-state index in [-0.39, 0.29) is 5.56 Å². The summed E-state index contributed by atoms with van der Waals surface area (Å²) in [6.45, 7) is 3.02. The Bertz CT molecular complexity index is 788. The highest BCUT2D eigenvalue weighted by Gasteiger charge is 2.12. The van der Waals surface area contributed by atoms with Crippen molar-refractivity contribution in [2.24, 2.45) is 0 Å². The average molecular weight is 280 g/mol. The van der Waals surface area contributed by atoms with Gasteiger partial charge in [-0.1, -0.05) is 31.2 Å². The van der Waals surface area contributed by atoms with Crippen LogP contribution < -0.4 is 0 Å². The maximum absolute atomic E-state index is 10.9. The standard InChI is InChI=1S/C17H16N2O2/c1-2-11-19-15-6-4-3-5-14(15)18-16(19)12-7-9-13(10-8-12)17(20)21/h3-10H,2,11H2,1H3,(H,20,21). The minimum absolute atomic E-state index is 0.289. The molecule has 0 aliphatic rings. The molecule has 0 saturated carbocycles. The van der Waals surface area contributed by atoms with E-state index in [1.807, 2.05) is 30.3 Å². The Balaban J connectivity index is 2.14. The molecular weight excluding hydrogens is 264 g/mol. The highest BCUT2D eigenvalue weighted by atomic mass is 16.4. The van der Waals surface area contributed by atoms with Gasteiger partial charge in [-0.05, 0) is 30.7 Å². The fraction of sp³-hybridized carbons (Fsp3) is 0.176. The summed E-state index contributed by atoms with van der Waals surface area (Å²) in [5.74, 6) is -0.0291. The molecule has 1 heterocycles. The van der Waals surface area contributed by atoms with Gasteiger partial charge in [0.2, 0.25) is 0 Å². The number of rotatable bonds is 4. The maximum Gasteiger partial charge on any atom is 0.335 e. The number of benzene rings is 2. The van der Waals surface area contributed by atoms with Gasteiger partial charge in [-0.2, -0.15) is 0 Å². The summed E-state index contributed by atoms with van der Waals surface area (Å²) in [6, 6.07) is 14.9. The lowest BCUT2D eigenvalue weighted by atomic mass is 10.1. The van der Waals surface area contributed by atoms with Gasteiger partial charge in [-0.25, -0.2) is 9.78 Å². The van der Waals surface area contributed by atoms with E-state index in [2.05, 4.69) is 17.6 Å². The van der Waals surface area contributed by atoms with E-state index in [1.165, 1.54) is 0 Å². The second kappa shape index (κ2) is 5.40. The number of carboxylic acids is 1. The van der Waals surface area contributed by atoms with E-state index >= 15 is 0 Å². The van der Waals surface area contributed by atoms with Crippen molar-refractivity contribution in [1.29, 1.82) is 0 Å². The molecule has 0 radical (unpaired) electrons. The first kappa shape index (κ1) is 13.4. The lowest BCUT2D eigenvalue weighted by Gasteiger charge is -2.08. The molecule has 0 fully saturated rings. The van der Waals surface area contributed by atoms with Crippen LogP contribution in [-0.4, -0.2) is 20.6 Å². The number of hydrogen-bond donors (Lipinski definition) is 1. The van der Waals surface area contributed by atoms with E-state index in [0.717, 1.165) is 35.4 Å². The van der Waals surface area contributed by atoms with Crippen LogP contribution in [0.4, 0.5) is 0 Å². The summed E-state index contributed by atoms with van der Waals surface area (Å²) < 4.78 is 2.19. The van der Waals surface area contributed by atoms with Crippen LogP contribution in [0.25, 0.3) is 22.4 Å². The smallest absolute Gasteiger partial charge is 0.335 e. The number of nitrogens with zero attached hydrogens (tertiary/aromatic N) is 2. The van der Waals surface area contributed by atoms with E-state index < -0.39 is 5.97 Å². The van der Waals surface area contributed by atoms with Gasteiger partial charge < -0.3 is 9.67 Å². The van der Waals surface area contributed by atoms with Crippen molar-refractivity contribution in [3.05, 3.63) is 54.1 Å². The van der Waals surface area contributed by atoms with Crippen LogP contribution in [0.2, 0.25) is 0 Å². The number of carbonyl (C=O) groups is 1. The second-order valence-corrected chi connectivity index (χ2v) is 4.96. The third-order valence-corrected chi connectivity index (χ3v) is 3.49. The predicted molar refractivity (Wildman–Crippen MR) is 82.4 cm³/mol. The molecule has 0 atom stereocenters. The van der Waals surface area contributed by atoms with Crippen molar-refractivity contribution in [2.75, 3.05) is 0 Å². The Morgan fingerprint density at radius 2 is 1.86 bits per heavy atom. The Hall–Kier alpha value is -2.62. The molecule has 0 saturated heterocycles. The highest BCUT2D eigenvalue weighted by molar-refractivity contribution is 5.88. The summed E-state index contributed by atoms with van der Waals surface area (Å²) >= 11 is 0. The Morgan fingerprint density at radius 3 is 2.52 bits per heavy atom. The molecule has 2 aromatic carbocycles. The summed E-state index contributed by atoms with van der Waals surface area (Å²) in [5.41, 5.74) is 3.29. The summed E-state index contributed by atoms with van der Waals surface area (Å²) in [7, 11) is 0. The van der Waals surface area contributed by atoms with Crippen LogP contribution in [0.5, 0.6) is 0 Å². The SMILES string of the molecule is CCCn1c(-c2ccc(C(=O)O)cc2)nc2ccccc21. The number of carboxylic acid groups (broad SMARTS) is 1. The third-order valence-electron chi connectivity index (χ3n) is 3.49. The fourth-order valence-corrected chi connectivity index (χ4v) is 2.51. The van der Waals surface area contributed by atoms with Crippen molar-refractivity contribution in [3.8, 4) is 11.4 Å². The lowest BCUT2D eigenvalue weighted by molar-refractivity contribution is 0.0697. The van der Waals surface area contributed by atoms with Crippen LogP contribution in [0.3, 0.4) is 0 Å². The molecule has 0 aliphatic carbocycles. The Kier molecular flexibility index (Phi) is 3.44. The summed E-state index contributed by atoms with van der Waals surface area (Å²) in [5, 5.41) is 8.98. The molecule has 4 nitrogen and oxygen atoms in total. The maximum atomic E-state index is 10.9. The first-order valence-corrected chi connectivity index (χ1v) is 6.99. The second-order valence-electron chi connectivity index (χ2n) is 4.96. The van der Waals surface area contributed by atoms with Crippen molar-refractivity contribution in [2.45, 2.75) is 19.9 Å². The molecule has 1 N–H and O–H groups in total. The number of fused-ring (bicyclic) bond motifs is 1. The van der Waals surface area contributed by atoms with Gasteiger partial charge in [0.15, 0.2) is 0 Å². The van der Waals surface area contributed by atoms with Crippen LogP contribution in [0.15, 0.2) is 48.5 Å². The van der Waals surface area contributed by atoms with Crippen LogP contribution in [0.1, 0.15) is 23.7 Å². The minimum Gasteiger partial charge on any atom is -0.478 e. The molecule has 0 unspecified atom stereocenters. The van der Waals surface area contributed by atoms with Gasteiger partial charge in [0, 0.05) is 12.1 Å². The highest BCUT2D eigenvalue weighted by Crippen LogP contribution is 2.25. The zero-order valence-corrected chi connectivity index (χ0v) is 11.8. The summed E-state index contributed by atoms with van der Waals surface area (Å²) in [4.78, 5) is 15.6. The van der Waals surface area contributed by atoms with Gasteiger partial charge in [-0.15, -0.1) is 0 Å². The molecule has 106 valence electrons. The van der Waals surface area contributed by atoms with Crippen molar-refractivity contribution in [3.63, 3.8) is 0 Å². The average Bonchev–Trinajstić information content (AvgIpc) is 2.87. The fourth-order valence-electron chi connectivity index (χ4n) is 2.51. The van der Waals surface area contributed by atoms with Gasteiger partial charge in [-0.3, -0.25) is 0 Å². The van der Waals surface area contributed by atoms with Gasteiger partial charge >= 0.3 is 5.97 Å². The molecule has 0 spiro atoms. The molecule has 1 aromatic heterocycles. The molecule has 0 amide bonds. The number of aromatic nitrogens is 2. The van der Waals surface area contributed by atoms with Crippen LogP contribution >= 0.6 is 0 Å². The zero-order chi connectivity index (χ0) is 14.8. The number of imidazole rings is 1. The number of para-hydroxylation sites is 2. The van der Waals surface area contributed by atoms with Gasteiger partial charge in [0.25, 0.3) is 0 Å². The monoisotopic (exact) mass is 280 g/mol. The van der Waals surface area contributed by atoms with E-state index in [9.17, 15) is 4.79 Å². The van der Waals surface area contributed by atoms with Crippen molar-refractivity contribution < 1.29 is 9.90 Å². The van der Waals surface area contributed by atoms with Gasteiger partial charge in [0.05, 0.1) is 16.6 Å². The van der Waals surface area contributed by atoms with E-state index in [0.29, 0.717) is 0 Å². The number of aryl methyl sites for hydroxylation is 1. The third kappa shape index (κ3) is 2.40. The normalized spacial score (nSPS) is 10.9. The molecule has 21 heavy (non-hydrogen) atoms. The van der Waals surface area contributed by atoms with Crippen molar-refractivity contribution in [1.82, 2.24) is 9.55 Å². The first-order valence-electron chi connectivity index (χ1n) is 6.99. The number of aromatic carboxylic acids is 1. The quantitative estimate of drug-likeness (QED) is 0.790. The first-order chi connectivity index (χ1) is 10.2. The Morgan fingerprint density at radius 1 is 1.14 bits per heavy atom. The molecule has 0 bridgehead atoms. The lowest BCUT2D eigenvalue weighted by Crippen LogP contribution is -2.00. The molecular formula is C17H16N2O2. The Labute approximate surface area is 122 Å². The molecule has 3 rings (SSSR count). The predicted octanol–water partition coefficient (Wildman–Crippen LogP) is 3.81.